The summed E-state index contributed by atoms with van der Waals surface area (Å²) in [5.41, 5.74) is -5.65. The molecule has 0 aliphatic carbocycles. The molecule has 0 bridgehead atoms. The number of allylic oxidation sites excluding steroid dienone is 1. The number of alkyl halides is 3. The van der Waals surface area contributed by atoms with Gasteiger partial charge in [0.1, 0.15) is 0 Å². The van der Waals surface area contributed by atoms with Crippen molar-refractivity contribution in [2.24, 2.45) is 0 Å². The van der Waals surface area contributed by atoms with Crippen LogP contribution in [-0.4, -0.2) is 18.5 Å². The second-order valence-electron chi connectivity index (χ2n) is 1.32. The molecule has 0 amide bonds. The number of halogens is 3. The van der Waals surface area contributed by atoms with Crippen molar-refractivity contribution in [2.45, 2.75) is 10.9 Å². The van der Waals surface area contributed by atoms with Crippen molar-refractivity contribution < 1.29 is 41.6 Å². The fourth-order valence-electron chi connectivity index (χ4n) is 0. The van der Waals surface area contributed by atoms with Gasteiger partial charge in [0.2, 0.25) is 0 Å². The predicted octanol–water partition coefficient (Wildman–Crippen LogP) is 1.19. The third kappa shape index (κ3) is 8.03. The van der Waals surface area contributed by atoms with Gasteiger partial charge in [-0.3, -0.25) is 0 Å². The van der Waals surface area contributed by atoms with Crippen LogP contribution in [-0.2, 0) is 25.6 Å². The molecule has 0 atom stereocenters. The zero-order valence-corrected chi connectivity index (χ0v) is 7.38. The summed E-state index contributed by atoms with van der Waals surface area (Å²) in [5.74, 6) is 0. The average Bonchev–Trinajstić information content (AvgIpc) is 1.84. The van der Waals surface area contributed by atoms with Crippen LogP contribution in [0.25, 0.3) is 0 Å². The number of hydrogen-bond donors (Lipinski definition) is 0. The van der Waals surface area contributed by atoms with Crippen molar-refractivity contribution in [2.75, 3.05) is 0 Å². The number of rotatable bonds is 1. The maximum atomic E-state index is 10.7. The van der Waals surface area contributed by atoms with Crippen LogP contribution in [0.1, 0.15) is 0 Å². The summed E-state index contributed by atoms with van der Waals surface area (Å²) in [6, 6.07) is 0. The van der Waals surface area contributed by atoms with E-state index in [1.807, 2.05) is 0 Å². The smallest absolute Gasteiger partial charge is 0.485 e. The van der Waals surface area contributed by atoms with E-state index in [1.54, 1.807) is 6.08 Å². The first-order valence-electron chi connectivity index (χ1n) is 2.31. The van der Waals surface area contributed by atoms with Gasteiger partial charge in [-0.2, -0.15) is 13.2 Å². The Morgan fingerprint density at radius 3 is 1.67 bits per heavy atom. The van der Waals surface area contributed by atoms with Crippen LogP contribution in [0.4, 0.5) is 13.2 Å². The Morgan fingerprint density at radius 2 is 1.67 bits per heavy atom. The second-order valence-corrected chi connectivity index (χ2v) is 3.09. The maximum absolute atomic E-state index is 10.7. The second kappa shape index (κ2) is 5.56. The van der Waals surface area contributed by atoms with E-state index in [2.05, 4.69) is 22.0 Å². The summed E-state index contributed by atoms with van der Waals surface area (Å²) in [4.78, 5) is 0. The quantitative estimate of drug-likeness (QED) is 0.303. The molecule has 0 saturated carbocycles. The number of hydrogen-bond acceptors (Lipinski definition) is 3. The Labute approximate surface area is 75.8 Å². The van der Waals surface area contributed by atoms with E-state index in [0.717, 1.165) is 0 Å². The van der Waals surface area contributed by atoms with Gasteiger partial charge in [-0.25, -0.2) is 8.42 Å². The van der Waals surface area contributed by atoms with Gasteiger partial charge in [0.05, 0.1) is 0 Å². The Balaban J connectivity index is 0. The van der Waals surface area contributed by atoms with Crippen LogP contribution in [0, 0.1) is 0 Å². The average molecular weight is 249 g/mol. The van der Waals surface area contributed by atoms with Crippen LogP contribution in [0.3, 0.4) is 0 Å². The molecule has 76 valence electrons. The Morgan fingerprint density at radius 1 is 1.50 bits per heavy atom. The van der Waals surface area contributed by atoms with E-state index in [9.17, 15) is 13.2 Å². The largest absolute Gasteiger partial charge is 0.741 e. The van der Waals surface area contributed by atoms with Gasteiger partial charge in [-0.1, -0.05) is 0 Å². The SMILES string of the molecule is C=C[CH2][Ni+].O=S(=O)([O-])C(F)(F)F. The normalized spacial score (nSPS) is 11.5. The molecule has 12 heavy (non-hydrogen) atoms. The topological polar surface area (TPSA) is 57.2 Å². The molecule has 0 aromatic carbocycles. The summed E-state index contributed by atoms with van der Waals surface area (Å²) in [6.45, 7) is 3.39. The van der Waals surface area contributed by atoms with Crippen molar-refractivity contribution in [3.63, 3.8) is 0 Å². The molecule has 0 fully saturated rings. The van der Waals surface area contributed by atoms with Gasteiger partial charge in [-0.15, -0.1) is 0 Å². The first-order valence-corrected chi connectivity index (χ1v) is 4.42. The van der Waals surface area contributed by atoms with Crippen LogP contribution in [0.2, 0.25) is 5.39 Å². The Kier molecular flexibility index (Phi) is 6.69. The van der Waals surface area contributed by atoms with E-state index >= 15 is 0 Å². The van der Waals surface area contributed by atoms with E-state index in [4.69, 9.17) is 13.0 Å². The van der Waals surface area contributed by atoms with Gasteiger partial charge < -0.3 is 4.55 Å². The Bertz CT molecular complexity index is 220. The van der Waals surface area contributed by atoms with Crippen LogP contribution < -0.4 is 0 Å². The molecular formula is C4H5F3NiO3S. The van der Waals surface area contributed by atoms with E-state index in [1.165, 1.54) is 0 Å². The molecule has 8 heteroatoms. The maximum Gasteiger partial charge on any atom is 0.485 e. The van der Waals surface area contributed by atoms with Crippen molar-refractivity contribution >= 4 is 10.1 Å². The molecular weight excluding hydrogens is 244 g/mol. The Hall–Kier alpha value is -0.0665. The van der Waals surface area contributed by atoms with Crippen molar-refractivity contribution in [1.29, 1.82) is 0 Å². The van der Waals surface area contributed by atoms with Gasteiger partial charge in [0, 0.05) is 0 Å². The molecule has 0 N–H and O–H groups in total. The monoisotopic (exact) mass is 248 g/mol. The minimum Gasteiger partial charge on any atom is -0.741 e. The van der Waals surface area contributed by atoms with Gasteiger partial charge >= 0.3 is 39.0 Å². The fraction of sp³-hybridized carbons (Fsp3) is 0.500. The van der Waals surface area contributed by atoms with Crippen LogP contribution in [0.15, 0.2) is 12.7 Å². The molecule has 0 aromatic rings. The zero-order valence-electron chi connectivity index (χ0n) is 5.57. The standard InChI is InChI=1S/C3H5.CHF3O3S.Ni/c1-3-2;2-1(3,4)8(5,6)7;/h3H,1-2H2;(H,5,6,7);/q;;+1/p-1. The molecule has 0 heterocycles. The molecule has 0 unspecified atom stereocenters. The van der Waals surface area contributed by atoms with Gasteiger partial charge in [0.25, 0.3) is 0 Å². The molecule has 0 aliphatic heterocycles. The third-order valence-electron chi connectivity index (χ3n) is 0.375. The first kappa shape index (κ1) is 14.5. The third-order valence-corrected chi connectivity index (χ3v) is 1.23. The molecule has 0 aromatic heterocycles. The molecule has 0 aliphatic rings. The zero-order chi connectivity index (χ0) is 10.4. The van der Waals surface area contributed by atoms with Gasteiger partial charge in [0.15, 0.2) is 10.1 Å². The molecule has 0 radical (unpaired) electrons. The van der Waals surface area contributed by atoms with Crippen LogP contribution >= 0.6 is 0 Å². The minimum atomic E-state index is -6.09. The summed E-state index contributed by atoms with van der Waals surface area (Å²) in [5, 5.41) is 0.708. The van der Waals surface area contributed by atoms with Crippen molar-refractivity contribution in [1.82, 2.24) is 0 Å². The van der Waals surface area contributed by atoms with E-state index in [-0.39, 0.29) is 0 Å². The van der Waals surface area contributed by atoms with Crippen molar-refractivity contribution in [3.8, 4) is 0 Å². The van der Waals surface area contributed by atoms with Crippen LogP contribution in [0.5, 0.6) is 0 Å². The summed E-state index contributed by atoms with van der Waals surface area (Å²) in [6.07, 6.45) is 1.71. The van der Waals surface area contributed by atoms with E-state index < -0.39 is 15.6 Å². The predicted molar refractivity (Wildman–Crippen MR) is 30.8 cm³/mol. The van der Waals surface area contributed by atoms with Crippen molar-refractivity contribution in [3.05, 3.63) is 12.7 Å². The summed E-state index contributed by atoms with van der Waals surface area (Å²) in [7, 11) is -6.09. The van der Waals surface area contributed by atoms with E-state index in [0.29, 0.717) is 5.39 Å². The molecule has 0 saturated heterocycles. The first-order chi connectivity index (χ1) is 5.16. The molecule has 0 rings (SSSR count). The fourth-order valence-corrected chi connectivity index (χ4v) is 0. The molecule has 3 nitrogen and oxygen atoms in total. The summed E-state index contributed by atoms with van der Waals surface area (Å²) >= 11 is 4.20. The van der Waals surface area contributed by atoms with Gasteiger partial charge in [-0.05, 0) is 0 Å². The summed E-state index contributed by atoms with van der Waals surface area (Å²) < 4.78 is 58.9. The molecule has 0 spiro atoms. The minimum absolute atomic E-state index is 0.708.